The van der Waals surface area contributed by atoms with Crippen molar-refractivity contribution in [2.24, 2.45) is 0 Å². The second-order valence-corrected chi connectivity index (χ2v) is 5.63. The highest BCUT2D eigenvalue weighted by atomic mass is 35.5. The number of rotatable bonds is 5. The van der Waals surface area contributed by atoms with Gasteiger partial charge >= 0.3 is 0 Å². The van der Waals surface area contributed by atoms with Gasteiger partial charge < -0.3 is 14.9 Å². The highest BCUT2D eigenvalue weighted by molar-refractivity contribution is 6.31. The maximum Gasteiger partial charge on any atom is 0.265 e. The van der Waals surface area contributed by atoms with Gasteiger partial charge in [0.1, 0.15) is 16.8 Å². The molecule has 24 heavy (non-hydrogen) atoms. The average Bonchev–Trinajstić information content (AvgIpc) is 2.95. The van der Waals surface area contributed by atoms with Crippen molar-refractivity contribution in [3.05, 3.63) is 46.4 Å². The van der Waals surface area contributed by atoms with E-state index < -0.39 is 5.91 Å². The summed E-state index contributed by atoms with van der Waals surface area (Å²) in [5.41, 5.74) is 1.62. The lowest BCUT2D eigenvalue weighted by atomic mass is 10.3. The highest BCUT2D eigenvalue weighted by Crippen LogP contribution is 2.27. The molecular formula is C15H12Cl2N4O3. The Bertz CT molecular complexity index is 898. The summed E-state index contributed by atoms with van der Waals surface area (Å²) in [5, 5.41) is 11.4. The van der Waals surface area contributed by atoms with Crippen LogP contribution in [0.25, 0.3) is 11.0 Å². The smallest absolute Gasteiger partial charge is 0.265 e. The van der Waals surface area contributed by atoms with Crippen LogP contribution in [0.15, 0.2) is 36.4 Å². The van der Waals surface area contributed by atoms with Gasteiger partial charge in [-0.3, -0.25) is 4.79 Å². The molecule has 0 saturated carbocycles. The van der Waals surface area contributed by atoms with Crippen LogP contribution in [0.2, 0.25) is 10.0 Å². The molecule has 0 atom stereocenters. The van der Waals surface area contributed by atoms with Gasteiger partial charge in [-0.25, -0.2) is 0 Å². The number of benzene rings is 2. The number of nitrogens with zero attached hydrogens (tertiary/aromatic N) is 3. The van der Waals surface area contributed by atoms with Crippen molar-refractivity contribution in [3.63, 3.8) is 0 Å². The van der Waals surface area contributed by atoms with Gasteiger partial charge in [-0.1, -0.05) is 28.0 Å². The quantitative estimate of drug-likeness (QED) is 0.750. The maximum absolute atomic E-state index is 12.1. The number of carbonyl (C=O) groups is 1. The van der Waals surface area contributed by atoms with Crippen LogP contribution >= 0.6 is 23.2 Å². The molecule has 0 aliphatic carbocycles. The lowest BCUT2D eigenvalue weighted by Gasteiger charge is -2.11. The summed E-state index contributed by atoms with van der Waals surface area (Å²) < 4.78 is 5.17. The Balaban J connectivity index is 1.69. The van der Waals surface area contributed by atoms with Crippen LogP contribution in [0.1, 0.15) is 0 Å². The molecule has 0 saturated heterocycles. The second kappa shape index (κ2) is 6.94. The monoisotopic (exact) mass is 366 g/mol. The average molecular weight is 367 g/mol. The second-order valence-electron chi connectivity index (χ2n) is 4.76. The number of methoxy groups -OCH3 is 1. The SMILES string of the molecule is COc1ccc(Cl)cc1NC(=O)COn1nnc2ccc(Cl)cc21. The molecule has 0 aliphatic heterocycles. The van der Waals surface area contributed by atoms with Gasteiger partial charge in [-0.15, -0.1) is 5.10 Å². The third kappa shape index (κ3) is 3.52. The molecule has 1 heterocycles. The third-order valence-corrected chi connectivity index (χ3v) is 3.60. The van der Waals surface area contributed by atoms with Crippen LogP contribution < -0.4 is 14.9 Å². The molecule has 2 aromatic carbocycles. The number of fused-ring (bicyclic) bond motifs is 1. The number of hydrogen-bond acceptors (Lipinski definition) is 5. The van der Waals surface area contributed by atoms with Crippen molar-refractivity contribution >= 4 is 45.8 Å². The molecule has 3 rings (SSSR count). The van der Waals surface area contributed by atoms with Crippen molar-refractivity contribution in [2.45, 2.75) is 0 Å². The predicted octanol–water partition coefficient (Wildman–Crippen LogP) is 2.81. The summed E-state index contributed by atoms with van der Waals surface area (Å²) >= 11 is 11.9. The minimum absolute atomic E-state index is 0.277. The van der Waals surface area contributed by atoms with E-state index in [1.165, 1.54) is 7.11 Å². The normalized spacial score (nSPS) is 10.6. The molecule has 0 fully saturated rings. The number of anilines is 1. The van der Waals surface area contributed by atoms with E-state index in [9.17, 15) is 4.79 Å². The van der Waals surface area contributed by atoms with Gasteiger partial charge in [0.2, 0.25) is 0 Å². The zero-order chi connectivity index (χ0) is 17.1. The van der Waals surface area contributed by atoms with E-state index in [1.54, 1.807) is 36.4 Å². The lowest BCUT2D eigenvalue weighted by molar-refractivity contribution is -0.121. The number of aromatic nitrogens is 3. The van der Waals surface area contributed by atoms with E-state index in [0.717, 1.165) is 4.85 Å². The summed E-state index contributed by atoms with van der Waals surface area (Å²) in [6.07, 6.45) is 0. The first kappa shape index (κ1) is 16.4. The number of hydrogen-bond donors (Lipinski definition) is 1. The molecule has 0 spiro atoms. The fraction of sp³-hybridized carbons (Fsp3) is 0.133. The van der Waals surface area contributed by atoms with Crippen LogP contribution in [-0.4, -0.2) is 34.8 Å². The minimum Gasteiger partial charge on any atom is -0.495 e. The van der Waals surface area contributed by atoms with E-state index >= 15 is 0 Å². The van der Waals surface area contributed by atoms with Crippen LogP contribution in [-0.2, 0) is 4.79 Å². The third-order valence-electron chi connectivity index (χ3n) is 3.13. The fourth-order valence-electron chi connectivity index (χ4n) is 2.05. The van der Waals surface area contributed by atoms with Crippen molar-refractivity contribution in [1.29, 1.82) is 0 Å². The first-order chi connectivity index (χ1) is 11.6. The first-order valence-corrected chi connectivity index (χ1v) is 7.60. The summed E-state index contributed by atoms with van der Waals surface area (Å²) in [7, 11) is 1.50. The summed E-state index contributed by atoms with van der Waals surface area (Å²) in [4.78, 5) is 18.6. The van der Waals surface area contributed by atoms with Crippen molar-refractivity contribution in [1.82, 2.24) is 15.2 Å². The number of amides is 1. The largest absolute Gasteiger partial charge is 0.495 e. The molecule has 3 aromatic rings. The highest BCUT2D eigenvalue weighted by Gasteiger charge is 2.11. The molecule has 0 radical (unpaired) electrons. The Kier molecular flexibility index (Phi) is 4.73. The molecule has 7 nitrogen and oxygen atoms in total. The minimum atomic E-state index is -0.402. The molecule has 1 N–H and O–H groups in total. The zero-order valence-corrected chi connectivity index (χ0v) is 14.0. The van der Waals surface area contributed by atoms with Crippen molar-refractivity contribution < 1.29 is 14.4 Å². The van der Waals surface area contributed by atoms with Crippen LogP contribution in [0, 0.1) is 0 Å². The lowest BCUT2D eigenvalue weighted by Crippen LogP contribution is -2.26. The van der Waals surface area contributed by atoms with Gasteiger partial charge in [0.25, 0.3) is 5.91 Å². The number of ether oxygens (including phenoxy) is 1. The standard InChI is InChI=1S/C15H12Cl2N4O3/c1-23-14-5-3-9(16)6-12(14)18-15(22)8-24-21-13-7-10(17)2-4-11(13)19-20-21/h2-7H,8H2,1H3,(H,18,22). The van der Waals surface area contributed by atoms with Gasteiger partial charge in [-0.05, 0) is 41.6 Å². The summed E-state index contributed by atoms with van der Waals surface area (Å²) in [5.74, 6) is 0.0898. The molecule has 1 amide bonds. The summed E-state index contributed by atoms with van der Waals surface area (Å²) in [6, 6.07) is 9.96. The fourth-order valence-corrected chi connectivity index (χ4v) is 2.39. The maximum atomic E-state index is 12.1. The van der Waals surface area contributed by atoms with Gasteiger partial charge in [-0.2, -0.15) is 0 Å². The number of carbonyl (C=O) groups excluding carboxylic acids is 1. The predicted molar refractivity (Wildman–Crippen MR) is 90.6 cm³/mol. The van der Waals surface area contributed by atoms with E-state index in [4.69, 9.17) is 32.8 Å². The molecular weight excluding hydrogens is 355 g/mol. The molecule has 124 valence electrons. The molecule has 0 aliphatic rings. The topological polar surface area (TPSA) is 78.3 Å². The van der Waals surface area contributed by atoms with Gasteiger partial charge in [0, 0.05) is 10.0 Å². The number of halogens is 2. The Morgan fingerprint density at radius 2 is 1.96 bits per heavy atom. The van der Waals surface area contributed by atoms with Crippen LogP contribution in [0.3, 0.4) is 0 Å². The molecule has 1 aromatic heterocycles. The van der Waals surface area contributed by atoms with Crippen molar-refractivity contribution in [3.8, 4) is 5.75 Å². The molecule has 0 bridgehead atoms. The van der Waals surface area contributed by atoms with Crippen molar-refractivity contribution in [2.75, 3.05) is 19.0 Å². The van der Waals surface area contributed by atoms with Crippen LogP contribution in [0.4, 0.5) is 5.69 Å². The van der Waals surface area contributed by atoms with E-state index in [2.05, 4.69) is 15.6 Å². The Labute approximate surface area is 147 Å². The summed E-state index contributed by atoms with van der Waals surface area (Å²) in [6.45, 7) is -0.277. The van der Waals surface area contributed by atoms with E-state index in [0.29, 0.717) is 32.5 Å². The Morgan fingerprint density at radius 3 is 2.75 bits per heavy atom. The van der Waals surface area contributed by atoms with E-state index in [-0.39, 0.29) is 6.61 Å². The van der Waals surface area contributed by atoms with Gasteiger partial charge in [0.05, 0.1) is 12.8 Å². The zero-order valence-electron chi connectivity index (χ0n) is 12.5. The van der Waals surface area contributed by atoms with Gasteiger partial charge in [0.15, 0.2) is 6.61 Å². The van der Waals surface area contributed by atoms with Crippen LogP contribution in [0.5, 0.6) is 5.75 Å². The van der Waals surface area contributed by atoms with E-state index in [1.807, 2.05) is 0 Å². The first-order valence-electron chi connectivity index (χ1n) is 6.84. The molecule has 0 unspecified atom stereocenters. The number of nitrogens with one attached hydrogen (secondary N) is 1. The Hall–Kier alpha value is -2.51. The molecule has 9 heteroatoms. The Morgan fingerprint density at radius 1 is 1.21 bits per heavy atom.